The highest BCUT2D eigenvalue weighted by molar-refractivity contribution is 5.70. The van der Waals surface area contributed by atoms with Crippen LogP contribution in [-0.2, 0) is 0 Å². The molecule has 3 nitrogen and oxygen atoms in total. The summed E-state index contributed by atoms with van der Waals surface area (Å²) in [4.78, 5) is 11.1. The second-order valence-electron chi connectivity index (χ2n) is 3.13. The summed E-state index contributed by atoms with van der Waals surface area (Å²) in [6, 6.07) is 7.40. The second kappa shape index (κ2) is 5.27. The number of ether oxygens (including phenoxy) is 1. The largest absolute Gasteiger partial charge is 0.412 e. The molecule has 0 saturated heterocycles. The van der Waals surface area contributed by atoms with E-state index in [0.29, 0.717) is 12.3 Å². The van der Waals surface area contributed by atoms with Crippen molar-refractivity contribution in [3.05, 3.63) is 29.8 Å². The van der Waals surface area contributed by atoms with E-state index >= 15 is 0 Å². The van der Waals surface area contributed by atoms with E-state index in [0.717, 1.165) is 12.0 Å². The lowest BCUT2D eigenvalue weighted by Crippen LogP contribution is -2.27. The number of aryl methyl sites for hydroxylation is 1. The van der Waals surface area contributed by atoms with Crippen LogP contribution in [0.2, 0.25) is 0 Å². The highest BCUT2D eigenvalue weighted by Gasteiger charge is 2.01. The number of benzene rings is 1. The fraction of sp³-hybridized carbons (Fsp3) is 0.364. The van der Waals surface area contributed by atoms with Gasteiger partial charge in [0.15, 0.2) is 0 Å². The molecular weight excluding hydrogens is 178 g/mol. The lowest BCUT2D eigenvalue weighted by Gasteiger charge is -2.05. The van der Waals surface area contributed by atoms with Gasteiger partial charge in [-0.05, 0) is 31.0 Å². The van der Waals surface area contributed by atoms with Crippen molar-refractivity contribution >= 4 is 6.09 Å². The molecule has 0 saturated carbocycles. The van der Waals surface area contributed by atoms with Crippen molar-refractivity contribution in [2.75, 3.05) is 6.54 Å². The SMILES string of the molecule is CCCNC(=O)Oc1cccc(C)c1. The van der Waals surface area contributed by atoms with E-state index < -0.39 is 6.09 Å². The van der Waals surface area contributed by atoms with Gasteiger partial charge in [0, 0.05) is 6.54 Å². The summed E-state index contributed by atoms with van der Waals surface area (Å²) in [5.74, 6) is 0.582. The van der Waals surface area contributed by atoms with Crippen LogP contribution in [0.1, 0.15) is 18.9 Å². The molecule has 0 radical (unpaired) electrons. The van der Waals surface area contributed by atoms with Gasteiger partial charge < -0.3 is 10.1 Å². The fourth-order valence-electron chi connectivity index (χ4n) is 1.05. The maximum atomic E-state index is 11.1. The first kappa shape index (κ1) is 10.6. The van der Waals surface area contributed by atoms with Gasteiger partial charge in [0.2, 0.25) is 0 Å². The highest BCUT2D eigenvalue weighted by atomic mass is 16.5. The lowest BCUT2D eigenvalue weighted by molar-refractivity contribution is 0.200. The van der Waals surface area contributed by atoms with Gasteiger partial charge in [-0.3, -0.25) is 0 Å². The fourth-order valence-corrected chi connectivity index (χ4v) is 1.05. The van der Waals surface area contributed by atoms with Crippen molar-refractivity contribution < 1.29 is 9.53 Å². The molecule has 0 aliphatic rings. The molecule has 14 heavy (non-hydrogen) atoms. The third-order valence-corrected chi connectivity index (χ3v) is 1.72. The summed E-state index contributed by atoms with van der Waals surface area (Å²) in [6.45, 7) is 4.59. The summed E-state index contributed by atoms with van der Waals surface area (Å²) in [5, 5.41) is 2.64. The number of hydrogen-bond donors (Lipinski definition) is 1. The maximum Gasteiger partial charge on any atom is 0.412 e. The predicted octanol–water partition coefficient (Wildman–Crippen LogP) is 2.49. The van der Waals surface area contributed by atoms with Crippen LogP contribution in [0, 0.1) is 6.92 Å². The Morgan fingerprint density at radius 2 is 2.29 bits per heavy atom. The third-order valence-electron chi connectivity index (χ3n) is 1.72. The smallest absolute Gasteiger partial charge is 0.410 e. The summed E-state index contributed by atoms with van der Waals surface area (Å²) < 4.78 is 5.05. The second-order valence-corrected chi connectivity index (χ2v) is 3.13. The molecule has 0 bridgehead atoms. The van der Waals surface area contributed by atoms with Crippen LogP contribution in [0.15, 0.2) is 24.3 Å². The minimum absolute atomic E-state index is 0.391. The van der Waals surface area contributed by atoms with Crippen LogP contribution < -0.4 is 10.1 Å². The molecule has 1 aromatic rings. The Kier molecular flexibility index (Phi) is 3.98. The Balaban J connectivity index is 2.47. The van der Waals surface area contributed by atoms with Gasteiger partial charge in [-0.25, -0.2) is 4.79 Å². The van der Waals surface area contributed by atoms with Crippen molar-refractivity contribution in [1.29, 1.82) is 0 Å². The molecule has 0 heterocycles. The summed E-state index contributed by atoms with van der Waals surface area (Å²) in [6.07, 6.45) is 0.514. The molecule has 0 aliphatic carbocycles. The molecule has 0 aromatic heterocycles. The topological polar surface area (TPSA) is 38.3 Å². The van der Waals surface area contributed by atoms with Crippen molar-refractivity contribution in [2.24, 2.45) is 0 Å². The van der Waals surface area contributed by atoms with Crippen LogP contribution >= 0.6 is 0 Å². The van der Waals surface area contributed by atoms with Crippen LogP contribution in [-0.4, -0.2) is 12.6 Å². The van der Waals surface area contributed by atoms with E-state index in [1.54, 1.807) is 6.07 Å². The zero-order chi connectivity index (χ0) is 10.4. The monoisotopic (exact) mass is 193 g/mol. The molecule has 1 amide bonds. The Hall–Kier alpha value is -1.51. The van der Waals surface area contributed by atoms with Gasteiger partial charge in [0.1, 0.15) is 5.75 Å². The minimum Gasteiger partial charge on any atom is -0.410 e. The summed E-state index contributed by atoms with van der Waals surface area (Å²) in [7, 11) is 0. The number of hydrogen-bond acceptors (Lipinski definition) is 2. The molecular formula is C11H15NO2. The van der Waals surface area contributed by atoms with Gasteiger partial charge in [-0.15, -0.1) is 0 Å². The van der Waals surface area contributed by atoms with E-state index in [2.05, 4.69) is 5.32 Å². The van der Waals surface area contributed by atoms with Crippen LogP contribution in [0.4, 0.5) is 4.79 Å². The predicted molar refractivity (Wildman–Crippen MR) is 55.5 cm³/mol. The van der Waals surface area contributed by atoms with E-state index in [4.69, 9.17) is 4.74 Å². The lowest BCUT2D eigenvalue weighted by atomic mass is 10.2. The Bertz CT molecular complexity index is 310. The molecule has 1 aromatic carbocycles. The quantitative estimate of drug-likeness (QED) is 0.800. The van der Waals surface area contributed by atoms with Gasteiger partial charge in [0.25, 0.3) is 0 Å². The van der Waals surface area contributed by atoms with Gasteiger partial charge in [-0.1, -0.05) is 19.1 Å². The molecule has 1 rings (SSSR count). The third kappa shape index (κ3) is 3.47. The number of nitrogens with one attached hydrogen (secondary N) is 1. The van der Waals surface area contributed by atoms with Crippen molar-refractivity contribution in [2.45, 2.75) is 20.3 Å². The number of carbonyl (C=O) groups excluding carboxylic acids is 1. The number of amides is 1. The molecule has 3 heteroatoms. The molecule has 0 atom stereocenters. The summed E-state index contributed by atoms with van der Waals surface area (Å²) in [5.41, 5.74) is 1.07. The number of rotatable bonds is 3. The van der Waals surface area contributed by atoms with Crippen LogP contribution in [0.5, 0.6) is 5.75 Å². The Morgan fingerprint density at radius 3 is 2.93 bits per heavy atom. The average Bonchev–Trinajstić information content (AvgIpc) is 2.15. The van der Waals surface area contributed by atoms with Crippen molar-refractivity contribution in [1.82, 2.24) is 5.32 Å². The van der Waals surface area contributed by atoms with Gasteiger partial charge in [-0.2, -0.15) is 0 Å². The first-order chi connectivity index (χ1) is 6.72. The van der Waals surface area contributed by atoms with E-state index in [9.17, 15) is 4.79 Å². The van der Waals surface area contributed by atoms with E-state index in [1.807, 2.05) is 32.0 Å². The van der Waals surface area contributed by atoms with Gasteiger partial charge in [0.05, 0.1) is 0 Å². The average molecular weight is 193 g/mol. The van der Waals surface area contributed by atoms with Crippen molar-refractivity contribution in [3.8, 4) is 5.75 Å². The number of carbonyl (C=O) groups is 1. The molecule has 1 N–H and O–H groups in total. The molecule has 0 spiro atoms. The molecule has 0 fully saturated rings. The highest BCUT2D eigenvalue weighted by Crippen LogP contribution is 2.12. The zero-order valence-corrected chi connectivity index (χ0v) is 8.54. The first-order valence-electron chi connectivity index (χ1n) is 4.74. The first-order valence-corrected chi connectivity index (χ1v) is 4.74. The standard InChI is InChI=1S/C11H15NO2/c1-3-7-12-11(13)14-10-6-4-5-9(2)8-10/h4-6,8H,3,7H2,1-2H3,(H,12,13). The normalized spacial score (nSPS) is 9.57. The minimum atomic E-state index is -0.391. The van der Waals surface area contributed by atoms with Gasteiger partial charge >= 0.3 is 6.09 Å². The maximum absolute atomic E-state index is 11.1. The van der Waals surface area contributed by atoms with Crippen LogP contribution in [0.3, 0.4) is 0 Å². The Morgan fingerprint density at radius 1 is 1.50 bits per heavy atom. The zero-order valence-electron chi connectivity index (χ0n) is 8.54. The van der Waals surface area contributed by atoms with Crippen LogP contribution in [0.25, 0.3) is 0 Å². The Labute approximate surface area is 84.1 Å². The van der Waals surface area contributed by atoms with E-state index in [1.165, 1.54) is 0 Å². The summed E-state index contributed by atoms with van der Waals surface area (Å²) >= 11 is 0. The molecule has 0 aliphatic heterocycles. The molecule has 0 unspecified atom stereocenters. The molecule has 76 valence electrons. The van der Waals surface area contributed by atoms with E-state index in [-0.39, 0.29) is 0 Å². The van der Waals surface area contributed by atoms with Crippen molar-refractivity contribution in [3.63, 3.8) is 0 Å².